The van der Waals surface area contributed by atoms with Gasteiger partial charge in [-0.1, -0.05) is 29.8 Å². The summed E-state index contributed by atoms with van der Waals surface area (Å²) in [7, 11) is 0. The number of rotatable bonds is 5. The molecule has 6 heteroatoms. The van der Waals surface area contributed by atoms with Gasteiger partial charge in [-0.2, -0.15) is 0 Å². The highest BCUT2D eigenvalue weighted by atomic mass is 35.5. The number of benzene rings is 1. The van der Waals surface area contributed by atoms with E-state index in [1.807, 2.05) is 22.9 Å². The van der Waals surface area contributed by atoms with E-state index in [2.05, 4.69) is 21.6 Å². The van der Waals surface area contributed by atoms with E-state index in [0.717, 1.165) is 27.9 Å². The van der Waals surface area contributed by atoms with Crippen molar-refractivity contribution in [1.29, 1.82) is 0 Å². The molecule has 3 rings (SSSR count). The Morgan fingerprint density at radius 1 is 1.28 bits per heavy atom. The maximum Gasteiger partial charge on any atom is 0.161 e. The number of tetrazole rings is 1. The fourth-order valence-electron chi connectivity index (χ4n) is 1.78. The van der Waals surface area contributed by atoms with Crippen LogP contribution in [0, 0.1) is 0 Å². The van der Waals surface area contributed by atoms with E-state index in [0.29, 0.717) is 6.04 Å². The van der Waals surface area contributed by atoms with Gasteiger partial charge in [-0.3, -0.25) is 0 Å². The third-order valence-electron chi connectivity index (χ3n) is 2.90. The number of thioether (sulfide) groups is 1. The molecule has 1 aromatic heterocycles. The van der Waals surface area contributed by atoms with Crippen molar-refractivity contribution in [3.63, 3.8) is 0 Å². The molecule has 0 unspecified atom stereocenters. The average Bonchev–Trinajstić information content (AvgIpc) is 3.12. The Balaban J connectivity index is 1.58. The van der Waals surface area contributed by atoms with Crippen LogP contribution in [0.3, 0.4) is 0 Å². The van der Waals surface area contributed by atoms with Crippen LogP contribution in [-0.2, 0) is 11.5 Å². The van der Waals surface area contributed by atoms with Gasteiger partial charge in [-0.05, 0) is 34.9 Å². The Hall–Kier alpha value is -1.07. The lowest BCUT2D eigenvalue weighted by molar-refractivity contribution is 0.593. The Morgan fingerprint density at radius 3 is 2.89 bits per heavy atom. The monoisotopic (exact) mass is 280 g/mol. The molecule has 1 saturated carbocycles. The quantitative estimate of drug-likeness (QED) is 0.844. The fourth-order valence-corrected chi connectivity index (χ4v) is 3.01. The summed E-state index contributed by atoms with van der Waals surface area (Å²) in [6.07, 6.45) is 2.40. The zero-order valence-electron chi connectivity index (χ0n) is 9.79. The molecule has 0 amide bonds. The molecule has 0 radical (unpaired) electrons. The van der Waals surface area contributed by atoms with E-state index in [1.54, 1.807) is 11.8 Å². The van der Waals surface area contributed by atoms with Gasteiger partial charge in [0.05, 0.1) is 11.8 Å². The van der Waals surface area contributed by atoms with Gasteiger partial charge in [0.2, 0.25) is 0 Å². The number of hydrogen-bond donors (Lipinski definition) is 0. The number of aromatic nitrogens is 4. The number of halogens is 1. The third-order valence-corrected chi connectivity index (χ3v) is 4.25. The van der Waals surface area contributed by atoms with E-state index in [-0.39, 0.29) is 0 Å². The molecule has 0 saturated heterocycles. The number of nitrogens with zero attached hydrogens (tertiary/aromatic N) is 4. The minimum atomic E-state index is 0.538. The molecule has 0 spiro atoms. The van der Waals surface area contributed by atoms with Crippen molar-refractivity contribution in [2.75, 3.05) is 0 Å². The van der Waals surface area contributed by atoms with Gasteiger partial charge < -0.3 is 0 Å². The molecule has 4 nitrogen and oxygen atoms in total. The summed E-state index contributed by atoms with van der Waals surface area (Å²) in [4.78, 5) is 0. The van der Waals surface area contributed by atoms with Gasteiger partial charge in [-0.25, -0.2) is 4.68 Å². The van der Waals surface area contributed by atoms with Crippen LogP contribution in [0.2, 0.25) is 5.02 Å². The summed E-state index contributed by atoms with van der Waals surface area (Å²) in [5.74, 6) is 2.68. The molecule has 94 valence electrons. The first-order valence-corrected chi connectivity index (χ1v) is 7.46. The molecule has 18 heavy (non-hydrogen) atoms. The largest absolute Gasteiger partial charge is 0.226 e. The first-order chi connectivity index (χ1) is 8.84. The van der Waals surface area contributed by atoms with Crippen molar-refractivity contribution in [3.8, 4) is 0 Å². The predicted molar refractivity (Wildman–Crippen MR) is 72.5 cm³/mol. The summed E-state index contributed by atoms with van der Waals surface area (Å²) in [6.45, 7) is 0. The van der Waals surface area contributed by atoms with Gasteiger partial charge >= 0.3 is 0 Å². The Morgan fingerprint density at radius 2 is 2.11 bits per heavy atom. The van der Waals surface area contributed by atoms with E-state index >= 15 is 0 Å². The molecule has 1 aromatic carbocycles. The summed E-state index contributed by atoms with van der Waals surface area (Å²) in [5, 5.41) is 12.7. The predicted octanol–water partition coefficient (Wildman–Crippen LogP) is 3.09. The lowest BCUT2D eigenvalue weighted by Crippen LogP contribution is -2.02. The smallest absolute Gasteiger partial charge is 0.161 e. The first kappa shape index (κ1) is 12.0. The van der Waals surface area contributed by atoms with Gasteiger partial charge in [0.15, 0.2) is 5.82 Å². The summed E-state index contributed by atoms with van der Waals surface area (Å²) in [6, 6.07) is 8.47. The van der Waals surface area contributed by atoms with E-state index in [9.17, 15) is 0 Å². The van der Waals surface area contributed by atoms with Gasteiger partial charge in [0, 0.05) is 10.8 Å². The maximum atomic E-state index is 6.12. The van der Waals surface area contributed by atoms with Crippen LogP contribution in [0.25, 0.3) is 0 Å². The fraction of sp³-hybridized carbons (Fsp3) is 0.417. The Kier molecular flexibility index (Phi) is 3.52. The van der Waals surface area contributed by atoms with Gasteiger partial charge in [-0.15, -0.1) is 16.9 Å². The standard InChI is InChI=1S/C12H13ClN4S/c13-11-4-2-1-3-9(11)7-18-8-12-14-15-16-17(12)10-5-6-10/h1-4,10H,5-8H2. The summed E-state index contributed by atoms with van der Waals surface area (Å²) >= 11 is 7.91. The van der Waals surface area contributed by atoms with Crippen molar-refractivity contribution in [3.05, 3.63) is 40.7 Å². The average molecular weight is 281 g/mol. The molecule has 0 bridgehead atoms. The Bertz CT molecular complexity index is 538. The lowest BCUT2D eigenvalue weighted by Gasteiger charge is -2.04. The topological polar surface area (TPSA) is 43.6 Å². The molecule has 0 aliphatic heterocycles. The SMILES string of the molecule is Clc1ccccc1CSCc1nnnn1C1CC1. The second-order valence-corrected chi connectivity index (χ2v) is 5.75. The third kappa shape index (κ3) is 2.67. The zero-order chi connectivity index (χ0) is 12.4. The molecular weight excluding hydrogens is 268 g/mol. The van der Waals surface area contributed by atoms with Crippen LogP contribution < -0.4 is 0 Å². The second-order valence-electron chi connectivity index (χ2n) is 4.36. The highest BCUT2D eigenvalue weighted by Gasteiger charge is 2.27. The molecule has 1 aliphatic rings. The van der Waals surface area contributed by atoms with Crippen molar-refractivity contribution in [2.24, 2.45) is 0 Å². The van der Waals surface area contributed by atoms with Crippen LogP contribution in [0.1, 0.15) is 30.3 Å². The van der Waals surface area contributed by atoms with E-state index in [1.165, 1.54) is 12.8 Å². The maximum absolute atomic E-state index is 6.12. The number of hydrogen-bond acceptors (Lipinski definition) is 4. The van der Waals surface area contributed by atoms with Gasteiger partial charge in [0.1, 0.15) is 0 Å². The van der Waals surface area contributed by atoms with Crippen molar-refractivity contribution in [1.82, 2.24) is 20.2 Å². The first-order valence-electron chi connectivity index (χ1n) is 5.92. The minimum Gasteiger partial charge on any atom is -0.226 e. The van der Waals surface area contributed by atoms with Crippen molar-refractivity contribution >= 4 is 23.4 Å². The van der Waals surface area contributed by atoms with Crippen molar-refractivity contribution < 1.29 is 0 Å². The van der Waals surface area contributed by atoms with Crippen LogP contribution in [0.4, 0.5) is 0 Å². The summed E-state index contributed by atoms with van der Waals surface area (Å²) in [5.41, 5.74) is 1.16. The van der Waals surface area contributed by atoms with Crippen LogP contribution in [-0.4, -0.2) is 20.2 Å². The van der Waals surface area contributed by atoms with E-state index in [4.69, 9.17) is 11.6 Å². The molecule has 0 N–H and O–H groups in total. The molecule has 2 aromatic rings. The van der Waals surface area contributed by atoms with Crippen LogP contribution in [0.15, 0.2) is 24.3 Å². The normalized spacial score (nSPS) is 14.9. The minimum absolute atomic E-state index is 0.538. The molecule has 0 atom stereocenters. The van der Waals surface area contributed by atoms with Crippen LogP contribution >= 0.6 is 23.4 Å². The second kappa shape index (κ2) is 5.28. The zero-order valence-corrected chi connectivity index (χ0v) is 11.4. The highest BCUT2D eigenvalue weighted by molar-refractivity contribution is 7.97. The van der Waals surface area contributed by atoms with Gasteiger partial charge in [0.25, 0.3) is 0 Å². The molecular formula is C12H13ClN4S. The lowest BCUT2D eigenvalue weighted by atomic mass is 10.2. The summed E-state index contributed by atoms with van der Waals surface area (Å²) < 4.78 is 1.96. The molecule has 1 aliphatic carbocycles. The molecule has 1 fully saturated rings. The molecule has 1 heterocycles. The highest BCUT2D eigenvalue weighted by Crippen LogP contribution is 2.35. The van der Waals surface area contributed by atoms with E-state index < -0.39 is 0 Å². The van der Waals surface area contributed by atoms with Crippen LogP contribution in [0.5, 0.6) is 0 Å². The van der Waals surface area contributed by atoms with Crippen molar-refractivity contribution in [2.45, 2.75) is 30.4 Å². The Labute approximate surface area is 115 Å².